The molecule has 1 aliphatic rings. The number of aryl methyl sites for hydroxylation is 1. The lowest BCUT2D eigenvalue weighted by atomic mass is 10.2. The van der Waals surface area contributed by atoms with Crippen molar-refractivity contribution in [3.05, 3.63) is 29.6 Å². The Hall–Kier alpha value is -1.06. The summed E-state index contributed by atoms with van der Waals surface area (Å²) in [6, 6.07) is 6.34. The van der Waals surface area contributed by atoms with Crippen LogP contribution in [0.25, 0.3) is 11.0 Å². The number of nitrogens with zero attached hydrogens (tertiary/aromatic N) is 2. The lowest BCUT2D eigenvalue weighted by Gasteiger charge is -2.15. The van der Waals surface area contributed by atoms with E-state index in [1.807, 2.05) is 6.92 Å². The highest BCUT2D eigenvalue weighted by molar-refractivity contribution is 6.20. The fraction of sp³-hybridized carbons (Fsp3) is 0.533. The molecule has 4 heteroatoms. The second-order valence-corrected chi connectivity index (χ2v) is 5.98. The van der Waals surface area contributed by atoms with Crippen LogP contribution >= 0.6 is 11.6 Å². The van der Waals surface area contributed by atoms with E-state index in [4.69, 9.17) is 16.3 Å². The highest BCUT2D eigenvalue weighted by atomic mass is 35.5. The van der Waals surface area contributed by atoms with Gasteiger partial charge in [-0.1, -0.05) is 6.07 Å². The number of rotatable bonds is 3. The van der Waals surface area contributed by atoms with E-state index >= 15 is 0 Å². The maximum Gasteiger partial charge on any atom is 0.127 e. The molecule has 0 N–H and O–H groups in total. The number of hydrogen-bond donors (Lipinski definition) is 0. The number of benzene rings is 1. The van der Waals surface area contributed by atoms with Gasteiger partial charge >= 0.3 is 0 Å². The second kappa shape index (κ2) is 5.14. The van der Waals surface area contributed by atoms with E-state index < -0.39 is 0 Å². The average molecular weight is 279 g/mol. The third kappa shape index (κ3) is 2.49. The summed E-state index contributed by atoms with van der Waals surface area (Å²) in [5.41, 5.74) is 3.43. The summed E-state index contributed by atoms with van der Waals surface area (Å²) in [5.74, 6) is 0.942. The van der Waals surface area contributed by atoms with E-state index in [-0.39, 0.29) is 5.38 Å². The normalized spacial score (nSPS) is 21.1. The Morgan fingerprint density at radius 3 is 3.05 bits per heavy atom. The molecule has 1 aromatic carbocycles. The first-order chi connectivity index (χ1) is 9.15. The molecule has 2 heterocycles. The number of hydrogen-bond acceptors (Lipinski definition) is 2. The Kier molecular flexibility index (Phi) is 3.50. The van der Waals surface area contributed by atoms with Crippen LogP contribution in [0.2, 0.25) is 0 Å². The molecule has 102 valence electrons. The quantitative estimate of drug-likeness (QED) is 0.798. The SMILES string of the molecule is Cc1ccc2nc(C(C)Cl)n(CC3CCCO3)c2c1. The highest BCUT2D eigenvalue weighted by Gasteiger charge is 2.21. The monoisotopic (exact) mass is 278 g/mol. The van der Waals surface area contributed by atoms with Gasteiger partial charge in [-0.15, -0.1) is 11.6 Å². The van der Waals surface area contributed by atoms with Gasteiger partial charge in [-0.2, -0.15) is 0 Å². The summed E-state index contributed by atoms with van der Waals surface area (Å²) in [6.45, 7) is 5.81. The maximum atomic E-state index is 6.28. The molecular weight excluding hydrogens is 260 g/mol. The van der Waals surface area contributed by atoms with E-state index in [0.717, 1.165) is 42.9 Å². The summed E-state index contributed by atoms with van der Waals surface area (Å²) >= 11 is 6.28. The van der Waals surface area contributed by atoms with Crippen molar-refractivity contribution in [2.45, 2.75) is 44.7 Å². The molecule has 1 saturated heterocycles. The van der Waals surface area contributed by atoms with Crippen LogP contribution in [0.3, 0.4) is 0 Å². The van der Waals surface area contributed by atoms with Crippen LogP contribution in [-0.2, 0) is 11.3 Å². The highest BCUT2D eigenvalue weighted by Crippen LogP contribution is 2.27. The minimum Gasteiger partial charge on any atom is -0.376 e. The average Bonchev–Trinajstić information content (AvgIpc) is 2.98. The van der Waals surface area contributed by atoms with E-state index in [2.05, 4.69) is 34.7 Å². The topological polar surface area (TPSA) is 27.1 Å². The first-order valence-electron chi connectivity index (χ1n) is 6.87. The molecular formula is C15H19ClN2O. The molecule has 19 heavy (non-hydrogen) atoms. The van der Waals surface area contributed by atoms with Crippen molar-refractivity contribution < 1.29 is 4.74 Å². The molecule has 0 aliphatic carbocycles. The molecule has 0 bridgehead atoms. The third-order valence-corrected chi connectivity index (χ3v) is 3.89. The van der Waals surface area contributed by atoms with Gasteiger partial charge in [0.1, 0.15) is 5.82 Å². The number of ether oxygens (including phenoxy) is 1. The van der Waals surface area contributed by atoms with Gasteiger partial charge in [-0.25, -0.2) is 4.98 Å². The fourth-order valence-electron chi connectivity index (χ4n) is 2.74. The van der Waals surface area contributed by atoms with Crippen molar-refractivity contribution in [1.29, 1.82) is 0 Å². The van der Waals surface area contributed by atoms with Crippen LogP contribution in [0.5, 0.6) is 0 Å². The van der Waals surface area contributed by atoms with Gasteiger partial charge in [0.15, 0.2) is 0 Å². The van der Waals surface area contributed by atoms with Crippen molar-refractivity contribution in [2.75, 3.05) is 6.61 Å². The third-order valence-electron chi connectivity index (χ3n) is 3.70. The Bertz CT molecular complexity index is 585. The molecule has 1 aliphatic heterocycles. The minimum atomic E-state index is -0.0888. The van der Waals surface area contributed by atoms with Crippen LogP contribution in [0.4, 0.5) is 0 Å². The van der Waals surface area contributed by atoms with Gasteiger partial charge in [0.25, 0.3) is 0 Å². The van der Waals surface area contributed by atoms with Crippen LogP contribution in [0, 0.1) is 6.92 Å². The minimum absolute atomic E-state index is 0.0888. The lowest BCUT2D eigenvalue weighted by molar-refractivity contribution is 0.0972. The molecule has 2 atom stereocenters. The maximum absolute atomic E-state index is 6.28. The zero-order chi connectivity index (χ0) is 13.4. The molecule has 3 nitrogen and oxygen atoms in total. The summed E-state index contributed by atoms with van der Waals surface area (Å²) in [5, 5.41) is -0.0888. The number of halogens is 1. The number of alkyl halides is 1. The van der Waals surface area contributed by atoms with Crippen molar-refractivity contribution >= 4 is 22.6 Å². The number of imidazole rings is 1. The molecule has 3 rings (SSSR count). The predicted octanol–water partition coefficient (Wildman–Crippen LogP) is 3.82. The van der Waals surface area contributed by atoms with Gasteiger partial charge in [-0.05, 0) is 44.4 Å². The van der Waals surface area contributed by atoms with Crippen molar-refractivity contribution in [2.24, 2.45) is 0 Å². The van der Waals surface area contributed by atoms with Gasteiger partial charge in [0, 0.05) is 6.61 Å². The van der Waals surface area contributed by atoms with Crippen LogP contribution < -0.4 is 0 Å². The van der Waals surface area contributed by atoms with E-state index in [1.165, 1.54) is 5.56 Å². The largest absolute Gasteiger partial charge is 0.376 e. The van der Waals surface area contributed by atoms with Gasteiger partial charge in [0.05, 0.1) is 29.1 Å². The molecule has 2 unspecified atom stereocenters. The second-order valence-electron chi connectivity index (χ2n) is 5.32. The van der Waals surface area contributed by atoms with Gasteiger partial charge in [-0.3, -0.25) is 0 Å². The summed E-state index contributed by atoms with van der Waals surface area (Å²) in [7, 11) is 0. The molecule has 0 radical (unpaired) electrons. The smallest absolute Gasteiger partial charge is 0.127 e. The summed E-state index contributed by atoms with van der Waals surface area (Å²) in [6.07, 6.45) is 2.58. The standard InChI is InChI=1S/C15H19ClN2O/c1-10-5-6-13-14(8-10)18(15(17-13)11(2)16)9-12-4-3-7-19-12/h5-6,8,11-12H,3-4,7,9H2,1-2H3. The van der Waals surface area contributed by atoms with E-state index in [0.29, 0.717) is 6.10 Å². The zero-order valence-corrected chi connectivity index (χ0v) is 12.2. The summed E-state index contributed by atoms with van der Waals surface area (Å²) < 4.78 is 7.98. The number of fused-ring (bicyclic) bond motifs is 1. The Labute approximate surface area is 118 Å². The first-order valence-corrected chi connectivity index (χ1v) is 7.31. The van der Waals surface area contributed by atoms with Crippen LogP contribution in [0.1, 0.15) is 36.5 Å². The molecule has 0 amide bonds. The van der Waals surface area contributed by atoms with Crippen molar-refractivity contribution in [3.63, 3.8) is 0 Å². The molecule has 0 spiro atoms. The van der Waals surface area contributed by atoms with Gasteiger partial charge < -0.3 is 9.30 Å². The predicted molar refractivity (Wildman–Crippen MR) is 77.7 cm³/mol. The van der Waals surface area contributed by atoms with E-state index in [1.54, 1.807) is 0 Å². The summed E-state index contributed by atoms with van der Waals surface area (Å²) in [4.78, 5) is 4.67. The van der Waals surface area contributed by atoms with Crippen molar-refractivity contribution in [1.82, 2.24) is 9.55 Å². The first kappa shape index (κ1) is 12.9. The van der Waals surface area contributed by atoms with Crippen molar-refractivity contribution in [3.8, 4) is 0 Å². The molecule has 1 fully saturated rings. The zero-order valence-electron chi connectivity index (χ0n) is 11.4. The Balaban J connectivity index is 2.06. The van der Waals surface area contributed by atoms with Crippen LogP contribution in [-0.4, -0.2) is 22.3 Å². The fourth-order valence-corrected chi connectivity index (χ4v) is 2.91. The van der Waals surface area contributed by atoms with Crippen LogP contribution in [0.15, 0.2) is 18.2 Å². The van der Waals surface area contributed by atoms with E-state index in [9.17, 15) is 0 Å². The Morgan fingerprint density at radius 1 is 1.53 bits per heavy atom. The molecule has 1 aromatic heterocycles. The molecule has 2 aromatic rings. The number of aromatic nitrogens is 2. The Morgan fingerprint density at radius 2 is 2.37 bits per heavy atom. The van der Waals surface area contributed by atoms with Gasteiger partial charge in [0.2, 0.25) is 0 Å². The lowest BCUT2D eigenvalue weighted by Crippen LogP contribution is -2.17. The molecule has 0 saturated carbocycles.